The van der Waals surface area contributed by atoms with E-state index in [1.807, 2.05) is 54.6 Å². The Labute approximate surface area is 179 Å². The monoisotopic (exact) mass is 399 g/mol. The summed E-state index contributed by atoms with van der Waals surface area (Å²) >= 11 is 0. The van der Waals surface area contributed by atoms with E-state index >= 15 is 0 Å². The van der Waals surface area contributed by atoms with Gasteiger partial charge in [0, 0.05) is 16.5 Å². The van der Waals surface area contributed by atoms with Crippen LogP contribution in [-0.2, 0) is 0 Å². The molecule has 0 bridgehead atoms. The molecule has 0 saturated heterocycles. The highest BCUT2D eigenvalue weighted by Gasteiger charge is 2.34. The average Bonchev–Trinajstić information content (AvgIpc) is 2.82. The molecule has 1 aliphatic heterocycles. The zero-order chi connectivity index (χ0) is 20.9. The molecule has 0 aliphatic carbocycles. The van der Waals surface area contributed by atoms with Gasteiger partial charge in [0.1, 0.15) is 0 Å². The minimum absolute atomic E-state index is 0.287. The van der Waals surface area contributed by atoms with Crippen LogP contribution in [0.4, 0.5) is 5.69 Å². The van der Waals surface area contributed by atoms with Crippen LogP contribution in [-0.4, -0.2) is 11.8 Å². The molecule has 146 valence electrons. The molecule has 0 N–H and O–H groups in total. The van der Waals surface area contributed by atoms with Crippen molar-refractivity contribution >= 4 is 39.0 Å². The molecule has 1 heterocycles. The van der Waals surface area contributed by atoms with Gasteiger partial charge in [-0.3, -0.25) is 9.59 Å². The fourth-order valence-corrected chi connectivity index (χ4v) is 4.52. The van der Waals surface area contributed by atoms with Gasteiger partial charge in [0.25, 0.3) is 11.8 Å². The van der Waals surface area contributed by atoms with Gasteiger partial charge < -0.3 is 0 Å². The number of amides is 2. The Morgan fingerprint density at radius 3 is 2.00 bits per heavy atom. The molecule has 0 radical (unpaired) electrons. The Balaban J connectivity index is 1.58. The smallest absolute Gasteiger partial charge is 0.265 e. The van der Waals surface area contributed by atoms with Crippen molar-refractivity contribution < 1.29 is 9.59 Å². The number of rotatable bonds is 2. The van der Waals surface area contributed by atoms with Gasteiger partial charge in [-0.05, 0) is 57.6 Å². The Kier molecular flexibility index (Phi) is 3.77. The number of nitrogens with zero attached hydrogens (tertiary/aromatic N) is 1. The van der Waals surface area contributed by atoms with E-state index in [1.54, 1.807) is 18.2 Å². The van der Waals surface area contributed by atoms with Crippen molar-refractivity contribution in [3.05, 3.63) is 114 Å². The van der Waals surface area contributed by atoms with Crippen LogP contribution in [0, 0.1) is 0 Å². The Morgan fingerprint density at radius 2 is 1.19 bits per heavy atom. The molecule has 3 heteroatoms. The van der Waals surface area contributed by atoms with E-state index in [1.165, 1.54) is 10.3 Å². The molecular weight excluding hydrogens is 382 g/mol. The Morgan fingerprint density at radius 1 is 0.516 bits per heavy atom. The third kappa shape index (κ3) is 2.60. The third-order valence-corrected chi connectivity index (χ3v) is 5.98. The summed E-state index contributed by atoms with van der Waals surface area (Å²) in [6, 6.07) is 33.2. The summed E-state index contributed by atoms with van der Waals surface area (Å²) in [6.45, 7) is 0. The van der Waals surface area contributed by atoms with Crippen molar-refractivity contribution in [3.63, 3.8) is 0 Å². The first kappa shape index (κ1) is 17.6. The number of carbonyl (C=O) groups is 2. The predicted molar refractivity (Wildman–Crippen MR) is 124 cm³/mol. The number of hydrogen-bond acceptors (Lipinski definition) is 2. The highest BCUT2D eigenvalue weighted by atomic mass is 16.2. The van der Waals surface area contributed by atoms with Gasteiger partial charge in [-0.15, -0.1) is 0 Å². The molecule has 31 heavy (non-hydrogen) atoms. The van der Waals surface area contributed by atoms with Crippen LogP contribution in [0.5, 0.6) is 0 Å². The van der Waals surface area contributed by atoms with E-state index in [0.717, 1.165) is 27.3 Å². The summed E-state index contributed by atoms with van der Waals surface area (Å²) in [6.07, 6.45) is 0. The van der Waals surface area contributed by atoms with Crippen LogP contribution in [0.1, 0.15) is 20.7 Å². The second-order valence-electron chi connectivity index (χ2n) is 7.73. The standard InChI is InChI=1S/C28H17NO2/c30-27-24-12-6-11-23-22(20-14-13-18-7-4-5-8-19(18)17-20)15-16-25(26(23)24)28(31)29(27)21-9-2-1-3-10-21/h1-17H. The molecule has 0 saturated carbocycles. The predicted octanol–water partition coefficient (Wildman–Crippen LogP) is 6.46. The summed E-state index contributed by atoms with van der Waals surface area (Å²) in [5.41, 5.74) is 3.77. The van der Waals surface area contributed by atoms with Gasteiger partial charge in [-0.1, -0.05) is 72.8 Å². The van der Waals surface area contributed by atoms with Crippen LogP contribution in [0.15, 0.2) is 103 Å². The normalized spacial score (nSPS) is 13.2. The van der Waals surface area contributed by atoms with Crippen molar-refractivity contribution in [2.24, 2.45) is 0 Å². The highest BCUT2D eigenvalue weighted by Crippen LogP contribution is 2.38. The summed E-state index contributed by atoms with van der Waals surface area (Å²) in [7, 11) is 0. The van der Waals surface area contributed by atoms with Gasteiger partial charge in [0.2, 0.25) is 0 Å². The van der Waals surface area contributed by atoms with E-state index in [4.69, 9.17) is 0 Å². The van der Waals surface area contributed by atoms with Crippen LogP contribution in [0.25, 0.3) is 32.7 Å². The number of para-hydroxylation sites is 1. The molecule has 0 aromatic heterocycles. The third-order valence-electron chi connectivity index (χ3n) is 5.98. The summed E-state index contributed by atoms with van der Waals surface area (Å²) in [5.74, 6) is -0.574. The molecule has 5 aromatic rings. The van der Waals surface area contributed by atoms with E-state index in [2.05, 4.69) is 30.3 Å². The lowest BCUT2D eigenvalue weighted by atomic mass is 9.88. The van der Waals surface area contributed by atoms with Gasteiger partial charge in [-0.25, -0.2) is 4.90 Å². The topological polar surface area (TPSA) is 37.4 Å². The maximum Gasteiger partial charge on any atom is 0.265 e. The van der Waals surface area contributed by atoms with Crippen LogP contribution in [0.3, 0.4) is 0 Å². The van der Waals surface area contributed by atoms with Crippen molar-refractivity contribution in [1.29, 1.82) is 0 Å². The largest absolute Gasteiger partial charge is 0.268 e. The maximum absolute atomic E-state index is 13.3. The maximum atomic E-state index is 13.3. The van der Waals surface area contributed by atoms with Gasteiger partial charge >= 0.3 is 0 Å². The summed E-state index contributed by atoms with van der Waals surface area (Å²) in [4.78, 5) is 28.0. The lowest BCUT2D eigenvalue weighted by Gasteiger charge is -2.28. The quantitative estimate of drug-likeness (QED) is 0.319. The molecule has 0 spiro atoms. The molecule has 1 aliphatic rings. The van der Waals surface area contributed by atoms with E-state index < -0.39 is 0 Å². The fraction of sp³-hybridized carbons (Fsp3) is 0. The number of imide groups is 1. The first-order chi connectivity index (χ1) is 15.2. The molecule has 5 aromatic carbocycles. The van der Waals surface area contributed by atoms with Crippen molar-refractivity contribution in [2.45, 2.75) is 0 Å². The molecule has 0 unspecified atom stereocenters. The van der Waals surface area contributed by atoms with E-state index in [9.17, 15) is 9.59 Å². The first-order valence-corrected chi connectivity index (χ1v) is 10.2. The Bertz CT molecular complexity index is 1500. The van der Waals surface area contributed by atoms with Crippen molar-refractivity contribution in [2.75, 3.05) is 4.90 Å². The van der Waals surface area contributed by atoms with Gasteiger partial charge in [0.05, 0.1) is 5.69 Å². The number of benzene rings is 5. The second kappa shape index (κ2) is 6.64. The van der Waals surface area contributed by atoms with Crippen LogP contribution < -0.4 is 4.90 Å². The number of anilines is 1. The van der Waals surface area contributed by atoms with E-state index in [0.29, 0.717) is 16.8 Å². The van der Waals surface area contributed by atoms with Crippen LogP contribution >= 0.6 is 0 Å². The van der Waals surface area contributed by atoms with Crippen LogP contribution in [0.2, 0.25) is 0 Å². The van der Waals surface area contributed by atoms with Crippen molar-refractivity contribution in [1.82, 2.24) is 0 Å². The molecule has 0 atom stereocenters. The lowest BCUT2D eigenvalue weighted by Crippen LogP contribution is -2.40. The minimum Gasteiger partial charge on any atom is -0.268 e. The summed E-state index contributed by atoms with van der Waals surface area (Å²) in [5, 5.41) is 3.98. The first-order valence-electron chi connectivity index (χ1n) is 10.2. The fourth-order valence-electron chi connectivity index (χ4n) is 4.52. The number of hydrogen-bond donors (Lipinski definition) is 0. The summed E-state index contributed by atoms with van der Waals surface area (Å²) < 4.78 is 0. The van der Waals surface area contributed by atoms with Crippen molar-refractivity contribution in [3.8, 4) is 11.1 Å². The zero-order valence-electron chi connectivity index (χ0n) is 16.6. The average molecular weight is 399 g/mol. The highest BCUT2D eigenvalue weighted by molar-refractivity contribution is 6.36. The molecule has 6 rings (SSSR count). The molecular formula is C28H17NO2. The lowest BCUT2D eigenvalue weighted by molar-refractivity contribution is 0.0893. The molecule has 0 fully saturated rings. The minimum atomic E-state index is -0.287. The number of fused-ring (bicyclic) bond motifs is 1. The van der Waals surface area contributed by atoms with Gasteiger partial charge in [-0.2, -0.15) is 0 Å². The van der Waals surface area contributed by atoms with E-state index in [-0.39, 0.29) is 11.8 Å². The zero-order valence-corrected chi connectivity index (χ0v) is 16.6. The number of carbonyl (C=O) groups excluding carboxylic acids is 2. The SMILES string of the molecule is O=C1c2cccc3c(-c4ccc5ccccc5c4)ccc(c23)C(=O)N1c1ccccc1. The van der Waals surface area contributed by atoms with Gasteiger partial charge in [0.15, 0.2) is 0 Å². The Hall–Kier alpha value is -4.24. The molecule has 2 amide bonds. The molecule has 3 nitrogen and oxygen atoms in total. The second-order valence-corrected chi connectivity index (χ2v) is 7.73.